The highest BCUT2D eigenvalue weighted by molar-refractivity contribution is 8.00. The molecule has 90 valence electrons. The fraction of sp³-hybridized carbons (Fsp3) is 0.333. The number of hydrogen-bond donors (Lipinski definition) is 2. The summed E-state index contributed by atoms with van der Waals surface area (Å²) in [4.78, 5) is 22.3. The highest BCUT2D eigenvalue weighted by Gasteiger charge is 2.26. The van der Waals surface area contributed by atoms with Crippen molar-refractivity contribution in [2.24, 2.45) is 0 Å². The number of carbonyl (C=O) groups is 2. The zero-order chi connectivity index (χ0) is 12.3. The molecule has 0 radical (unpaired) electrons. The van der Waals surface area contributed by atoms with Crippen molar-refractivity contribution >= 4 is 23.6 Å². The van der Waals surface area contributed by atoms with E-state index in [1.807, 2.05) is 24.3 Å². The van der Waals surface area contributed by atoms with E-state index in [1.54, 1.807) is 11.8 Å². The first kappa shape index (κ1) is 12.0. The van der Waals surface area contributed by atoms with Crippen LogP contribution in [-0.4, -0.2) is 29.3 Å². The number of rotatable bonds is 3. The van der Waals surface area contributed by atoms with Gasteiger partial charge >= 0.3 is 5.97 Å². The monoisotopic (exact) mass is 251 g/mol. The van der Waals surface area contributed by atoms with Gasteiger partial charge in [-0.3, -0.25) is 9.59 Å². The Morgan fingerprint density at radius 2 is 2.18 bits per heavy atom. The number of carboxylic acids is 1. The van der Waals surface area contributed by atoms with Gasteiger partial charge in [0, 0.05) is 0 Å². The van der Waals surface area contributed by atoms with Crippen LogP contribution in [-0.2, 0) is 16.0 Å². The summed E-state index contributed by atoms with van der Waals surface area (Å²) in [5.74, 6) is -0.348. The molecule has 1 atom stereocenters. The van der Waals surface area contributed by atoms with Crippen molar-refractivity contribution in [1.82, 2.24) is 5.32 Å². The number of fused-ring (bicyclic) bond motifs is 1. The maximum atomic E-state index is 11.9. The molecule has 17 heavy (non-hydrogen) atoms. The Labute approximate surface area is 103 Å². The van der Waals surface area contributed by atoms with Gasteiger partial charge in [-0.25, -0.2) is 0 Å². The van der Waals surface area contributed by atoms with E-state index in [0.29, 0.717) is 0 Å². The molecule has 1 unspecified atom stereocenters. The van der Waals surface area contributed by atoms with Crippen LogP contribution in [0.1, 0.15) is 16.4 Å². The zero-order valence-electron chi connectivity index (χ0n) is 9.18. The second-order valence-corrected chi connectivity index (χ2v) is 5.02. The third kappa shape index (κ3) is 2.79. The number of carbonyl (C=O) groups excluding carboxylic acids is 1. The normalized spacial score (nSPS) is 18.2. The average molecular weight is 251 g/mol. The van der Waals surface area contributed by atoms with Crippen molar-refractivity contribution in [2.45, 2.75) is 11.7 Å². The summed E-state index contributed by atoms with van der Waals surface area (Å²) < 4.78 is 0. The van der Waals surface area contributed by atoms with E-state index in [1.165, 1.54) is 5.56 Å². The van der Waals surface area contributed by atoms with Gasteiger partial charge in [0.05, 0.1) is 0 Å². The van der Waals surface area contributed by atoms with Crippen LogP contribution in [0.5, 0.6) is 0 Å². The van der Waals surface area contributed by atoms with Gasteiger partial charge in [0.2, 0.25) is 5.91 Å². The lowest BCUT2D eigenvalue weighted by molar-refractivity contribution is -0.137. The predicted octanol–water partition coefficient (Wildman–Crippen LogP) is 1.22. The Morgan fingerprint density at radius 3 is 2.94 bits per heavy atom. The average Bonchev–Trinajstić information content (AvgIpc) is 2.35. The standard InChI is InChI=1S/C12H13NO3S/c14-10(15)7-13-12(16)11-9-4-2-1-3-8(9)5-6-17-11/h1-4,11H,5-7H2,(H,13,16)(H,14,15). The molecule has 0 spiro atoms. The molecule has 1 aromatic rings. The van der Waals surface area contributed by atoms with Crippen molar-refractivity contribution in [1.29, 1.82) is 0 Å². The smallest absolute Gasteiger partial charge is 0.322 e. The number of hydrogen-bond acceptors (Lipinski definition) is 3. The van der Waals surface area contributed by atoms with Gasteiger partial charge in [0.15, 0.2) is 0 Å². The first-order chi connectivity index (χ1) is 8.18. The van der Waals surface area contributed by atoms with E-state index in [9.17, 15) is 9.59 Å². The van der Waals surface area contributed by atoms with Crippen molar-refractivity contribution in [3.63, 3.8) is 0 Å². The number of amides is 1. The maximum absolute atomic E-state index is 11.9. The third-order valence-electron chi connectivity index (χ3n) is 2.65. The molecular formula is C12H13NO3S. The minimum Gasteiger partial charge on any atom is -0.480 e. The SMILES string of the molecule is O=C(O)CNC(=O)C1SCCc2ccccc21. The zero-order valence-corrected chi connectivity index (χ0v) is 10.00. The van der Waals surface area contributed by atoms with Gasteiger partial charge in [0.25, 0.3) is 0 Å². The first-order valence-electron chi connectivity index (χ1n) is 5.37. The molecule has 1 amide bonds. The molecule has 1 heterocycles. The molecule has 2 N–H and O–H groups in total. The second-order valence-electron chi connectivity index (χ2n) is 3.81. The highest BCUT2D eigenvalue weighted by Crippen LogP contribution is 2.36. The summed E-state index contributed by atoms with van der Waals surface area (Å²) in [7, 11) is 0. The van der Waals surface area contributed by atoms with E-state index in [2.05, 4.69) is 5.32 Å². The van der Waals surface area contributed by atoms with Crippen LogP contribution >= 0.6 is 11.8 Å². The lowest BCUT2D eigenvalue weighted by Gasteiger charge is -2.23. The molecule has 0 bridgehead atoms. The Morgan fingerprint density at radius 1 is 1.41 bits per heavy atom. The topological polar surface area (TPSA) is 66.4 Å². The molecule has 0 saturated carbocycles. The molecule has 0 aliphatic carbocycles. The minimum atomic E-state index is -1.02. The molecule has 0 saturated heterocycles. The molecule has 0 fully saturated rings. The summed E-state index contributed by atoms with van der Waals surface area (Å²) in [6.45, 7) is -0.321. The van der Waals surface area contributed by atoms with E-state index in [4.69, 9.17) is 5.11 Å². The summed E-state index contributed by atoms with van der Waals surface area (Å²) in [6, 6.07) is 7.82. The van der Waals surface area contributed by atoms with Gasteiger partial charge in [-0.2, -0.15) is 0 Å². The van der Waals surface area contributed by atoms with Crippen LogP contribution in [0.25, 0.3) is 0 Å². The quantitative estimate of drug-likeness (QED) is 0.847. The van der Waals surface area contributed by atoms with Crippen LogP contribution < -0.4 is 5.32 Å². The predicted molar refractivity (Wildman–Crippen MR) is 66.0 cm³/mol. The number of carboxylic acid groups (broad SMARTS) is 1. The van der Waals surface area contributed by atoms with Crippen LogP contribution in [0.4, 0.5) is 0 Å². The summed E-state index contributed by atoms with van der Waals surface area (Å²) in [5.41, 5.74) is 2.19. The van der Waals surface area contributed by atoms with Crippen LogP contribution in [0.2, 0.25) is 0 Å². The maximum Gasteiger partial charge on any atom is 0.322 e. The Balaban J connectivity index is 2.12. The van der Waals surface area contributed by atoms with Crippen molar-refractivity contribution in [2.75, 3.05) is 12.3 Å². The Bertz CT molecular complexity index is 447. The molecule has 1 aliphatic heterocycles. The second kappa shape index (κ2) is 5.23. The Hall–Kier alpha value is -1.49. The lowest BCUT2D eigenvalue weighted by atomic mass is 10.0. The number of benzene rings is 1. The van der Waals surface area contributed by atoms with Gasteiger partial charge < -0.3 is 10.4 Å². The van der Waals surface area contributed by atoms with Gasteiger partial charge in [-0.15, -0.1) is 11.8 Å². The number of nitrogens with one attached hydrogen (secondary N) is 1. The van der Waals surface area contributed by atoms with E-state index < -0.39 is 5.97 Å². The van der Waals surface area contributed by atoms with Crippen molar-refractivity contribution in [3.05, 3.63) is 35.4 Å². The highest BCUT2D eigenvalue weighted by atomic mass is 32.2. The van der Waals surface area contributed by atoms with E-state index in [-0.39, 0.29) is 17.7 Å². The Kier molecular flexibility index (Phi) is 3.68. The fourth-order valence-electron chi connectivity index (χ4n) is 1.87. The minimum absolute atomic E-state index is 0.218. The molecular weight excluding hydrogens is 238 g/mol. The largest absolute Gasteiger partial charge is 0.480 e. The van der Waals surface area contributed by atoms with Gasteiger partial charge in [-0.05, 0) is 23.3 Å². The van der Waals surface area contributed by atoms with E-state index in [0.717, 1.165) is 17.7 Å². The summed E-state index contributed by atoms with van der Waals surface area (Å²) >= 11 is 1.56. The van der Waals surface area contributed by atoms with Gasteiger partial charge in [0.1, 0.15) is 11.8 Å². The molecule has 5 heteroatoms. The number of thioether (sulfide) groups is 1. The third-order valence-corrected chi connectivity index (χ3v) is 3.89. The number of aryl methyl sites for hydroxylation is 1. The van der Waals surface area contributed by atoms with Crippen LogP contribution in [0.3, 0.4) is 0 Å². The van der Waals surface area contributed by atoms with Crippen LogP contribution in [0.15, 0.2) is 24.3 Å². The first-order valence-corrected chi connectivity index (χ1v) is 6.42. The molecule has 2 rings (SSSR count). The molecule has 1 aromatic carbocycles. The van der Waals surface area contributed by atoms with Gasteiger partial charge in [-0.1, -0.05) is 24.3 Å². The van der Waals surface area contributed by atoms with Crippen molar-refractivity contribution < 1.29 is 14.7 Å². The molecule has 1 aliphatic rings. The number of aliphatic carboxylic acids is 1. The van der Waals surface area contributed by atoms with E-state index >= 15 is 0 Å². The van der Waals surface area contributed by atoms with Crippen LogP contribution in [0, 0.1) is 0 Å². The summed E-state index contributed by atoms with van der Waals surface area (Å²) in [5, 5.41) is 10.7. The molecule has 0 aromatic heterocycles. The summed E-state index contributed by atoms with van der Waals surface area (Å²) in [6.07, 6.45) is 0.962. The fourth-order valence-corrected chi connectivity index (χ4v) is 3.08. The van der Waals surface area contributed by atoms with Crippen molar-refractivity contribution in [3.8, 4) is 0 Å². The lowest BCUT2D eigenvalue weighted by Crippen LogP contribution is -2.33. The molecule has 4 nitrogen and oxygen atoms in total.